The van der Waals surface area contributed by atoms with Crippen molar-refractivity contribution in [1.82, 2.24) is 5.32 Å². The molecule has 27 heavy (non-hydrogen) atoms. The fourth-order valence-corrected chi connectivity index (χ4v) is 2.61. The van der Waals surface area contributed by atoms with Crippen molar-refractivity contribution in [2.45, 2.75) is 20.3 Å². The van der Waals surface area contributed by atoms with Crippen molar-refractivity contribution in [3.05, 3.63) is 52.8 Å². The highest BCUT2D eigenvalue weighted by molar-refractivity contribution is 6.32. The smallest absolute Gasteiger partial charge is 0.257 e. The predicted octanol–water partition coefficient (Wildman–Crippen LogP) is 4.01. The normalized spacial score (nSPS) is 10.4. The third kappa shape index (κ3) is 6.64. The van der Waals surface area contributed by atoms with E-state index in [0.29, 0.717) is 37.7 Å². The molecule has 2 aromatic carbocycles. The number of rotatable bonds is 10. The molecule has 0 unspecified atom stereocenters. The van der Waals surface area contributed by atoms with Gasteiger partial charge in [-0.2, -0.15) is 0 Å². The number of benzene rings is 2. The van der Waals surface area contributed by atoms with Gasteiger partial charge >= 0.3 is 0 Å². The highest BCUT2D eigenvalue weighted by atomic mass is 35.5. The van der Waals surface area contributed by atoms with Gasteiger partial charge in [-0.3, -0.25) is 4.79 Å². The molecule has 5 nitrogen and oxygen atoms in total. The molecular formula is C20H23ClFNO4. The van der Waals surface area contributed by atoms with Crippen molar-refractivity contribution < 1.29 is 23.4 Å². The van der Waals surface area contributed by atoms with Crippen LogP contribution in [0.3, 0.4) is 0 Å². The van der Waals surface area contributed by atoms with E-state index < -0.39 is 5.82 Å². The summed E-state index contributed by atoms with van der Waals surface area (Å²) in [4.78, 5) is 11.9. The molecule has 0 aliphatic heterocycles. The van der Waals surface area contributed by atoms with Gasteiger partial charge in [-0.25, -0.2) is 4.39 Å². The third-order valence-corrected chi connectivity index (χ3v) is 3.89. The Morgan fingerprint density at radius 3 is 2.41 bits per heavy atom. The highest BCUT2D eigenvalue weighted by Gasteiger charge is 2.08. The summed E-state index contributed by atoms with van der Waals surface area (Å²) < 4.78 is 29.4. The Balaban J connectivity index is 1.81. The zero-order valence-electron chi connectivity index (χ0n) is 15.4. The lowest BCUT2D eigenvalue weighted by Crippen LogP contribution is -2.30. The van der Waals surface area contributed by atoms with E-state index in [9.17, 15) is 9.18 Å². The number of carbonyl (C=O) groups excluding carboxylic acids is 1. The lowest BCUT2D eigenvalue weighted by molar-refractivity contribution is -0.123. The quantitative estimate of drug-likeness (QED) is 0.660. The molecule has 0 saturated heterocycles. The van der Waals surface area contributed by atoms with Crippen LogP contribution in [-0.2, 0) is 11.2 Å². The number of hydrogen-bond acceptors (Lipinski definition) is 4. The molecule has 0 bridgehead atoms. The average molecular weight is 396 g/mol. The van der Waals surface area contributed by atoms with Crippen LogP contribution in [0.1, 0.15) is 19.4 Å². The Morgan fingerprint density at radius 2 is 1.70 bits per heavy atom. The summed E-state index contributed by atoms with van der Waals surface area (Å²) in [5.74, 6) is 0.917. The largest absolute Gasteiger partial charge is 0.490 e. The molecular weight excluding hydrogens is 373 g/mol. The molecule has 2 rings (SSSR count). The SMILES string of the molecule is CCOc1ccc(CCNC(=O)COc2ccc(F)cc2Cl)cc1OCC. The van der Waals surface area contributed by atoms with Crippen molar-refractivity contribution >= 4 is 17.5 Å². The van der Waals surface area contributed by atoms with Crippen LogP contribution < -0.4 is 19.5 Å². The summed E-state index contributed by atoms with van der Waals surface area (Å²) in [5, 5.41) is 2.90. The standard InChI is InChI=1S/C20H23ClFNO4/c1-3-25-18-7-5-14(11-19(18)26-4-2)9-10-23-20(24)13-27-17-8-6-15(22)12-16(17)21/h5-8,11-12H,3-4,9-10,13H2,1-2H3,(H,23,24). The van der Waals surface area contributed by atoms with Gasteiger partial charge in [0.05, 0.1) is 18.2 Å². The van der Waals surface area contributed by atoms with Gasteiger partial charge in [0.1, 0.15) is 11.6 Å². The Morgan fingerprint density at radius 1 is 1.00 bits per heavy atom. The lowest BCUT2D eigenvalue weighted by atomic mass is 10.1. The first-order valence-electron chi connectivity index (χ1n) is 8.76. The third-order valence-electron chi connectivity index (χ3n) is 3.60. The van der Waals surface area contributed by atoms with Gasteiger partial charge in [0, 0.05) is 6.54 Å². The molecule has 0 radical (unpaired) electrons. The van der Waals surface area contributed by atoms with E-state index in [2.05, 4.69) is 5.32 Å². The summed E-state index contributed by atoms with van der Waals surface area (Å²) in [6.45, 7) is 5.19. The maximum atomic E-state index is 13.0. The monoisotopic (exact) mass is 395 g/mol. The number of carbonyl (C=O) groups is 1. The van der Waals surface area contributed by atoms with Crippen LogP contribution in [0.25, 0.3) is 0 Å². The van der Waals surface area contributed by atoms with E-state index in [1.807, 2.05) is 32.0 Å². The van der Waals surface area contributed by atoms with Crippen LogP contribution in [0.2, 0.25) is 5.02 Å². The zero-order valence-corrected chi connectivity index (χ0v) is 16.1. The Hall–Kier alpha value is -2.47. The number of amides is 1. The second kappa shape index (κ2) is 10.6. The van der Waals surface area contributed by atoms with E-state index in [1.54, 1.807) is 0 Å². The van der Waals surface area contributed by atoms with Gasteiger partial charge in [-0.1, -0.05) is 17.7 Å². The summed E-state index contributed by atoms with van der Waals surface area (Å²) in [6.07, 6.45) is 0.634. The minimum absolute atomic E-state index is 0.126. The van der Waals surface area contributed by atoms with Crippen LogP contribution in [0.4, 0.5) is 4.39 Å². The Bertz CT molecular complexity index is 770. The molecule has 0 aliphatic carbocycles. The number of halogens is 2. The summed E-state index contributed by atoms with van der Waals surface area (Å²) in [5.41, 5.74) is 1.02. The number of hydrogen-bond donors (Lipinski definition) is 1. The molecule has 0 atom stereocenters. The number of ether oxygens (including phenoxy) is 3. The van der Waals surface area contributed by atoms with Gasteiger partial charge in [0.15, 0.2) is 18.1 Å². The van der Waals surface area contributed by atoms with Gasteiger partial charge in [0.2, 0.25) is 0 Å². The Labute approximate surface area is 163 Å². The maximum absolute atomic E-state index is 13.0. The highest BCUT2D eigenvalue weighted by Crippen LogP contribution is 2.28. The van der Waals surface area contributed by atoms with Crippen LogP contribution in [0.15, 0.2) is 36.4 Å². The minimum Gasteiger partial charge on any atom is -0.490 e. The zero-order chi connectivity index (χ0) is 19.6. The van der Waals surface area contributed by atoms with Crippen molar-refractivity contribution in [2.75, 3.05) is 26.4 Å². The first-order chi connectivity index (χ1) is 13.0. The molecule has 0 saturated carbocycles. The molecule has 1 amide bonds. The first-order valence-corrected chi connectivity index (χ1v) is 9.14. The molecule has 7 heteroatoms. The van der Waals surface area contributed by atoms with Gasteiger partial charge in [-0.05, 0) is 56.2 Å². The van der Waals surface area contributed by atoms with E-state index >= 15 is 0 Å². The fourth-order valence-electron chi connectivity index (χ4n) is 2.38. The summed E-state index contributed by atoms with van der Waals surface area (Å²) in [7, 11) is 0. The minimum atomic E-state index is -0.460. The average Bonchev–Trinajstić information content (AvgIpc) is 2.63. The molecule has 146 valence electrons. The lowest BCUT2D eigenvalue weighted by Gasteiger charge is -2.13. The van der Waals surface area contributed by atoms with Crippen LogP contribution in [0.5, 0.6) is 17.2 Å². The fraction of sp³-hybridized carbons (Fsp3) is 0.350. The predicted molar refractivity (Wildman–Crippen MR) is 102 cm³/mol. The van der Waals surface area contributed by atoms with Gasteiger partial charge in [0.25, 0.3) is 5.91 Å². The second-order valence-electron chi connectivity index (χ2n) is 5.61. The van der Waals surface area contributed by atoms with Crippen molar-refractivity contribution in [2.24, 2.45) is 0 Å². The van der Waals surface area contributed by atoms with Crippen LogP contribution >= 0.6 is 11.6 Å². The first kappa shape index (κ1) is 20.8. The molecule has 0 spiro atoms. The summed E-state index contributed by atoms with van der Waals surface area (Å²) in [6, 6.07) is 9.47. The van der Waals surface area contributed by atoms with Crippen molar-refractivity contribution in [3.63, 3.8) is 0 Å². The topological polar surface area (TPSA) is 56.8 Å². The Kier molecular flexibility index (Phi) is 8.20. The molecule has 0 fully saturated rings. The molecule has 0 aliphatic rings. The molecule has 1 N–H and O–H groups in total. The molecule has 0 heterocycles. The summed E-state index contributed by atoms with van der Waals surface area (Å²) >= 11 is 5.85. The van der Waals surface area contributed by atoms with Crippen molar-refractivity contribution in [1.29, 1.82) is 0 Å². The maximum Gasteiger partial charge on any atom is 0.257 e. The van der Waals surface area contributed by atoms with Crippen LogP contribution in [-0.4, -0.2) is 32.3 Å². The molecule has 0 aromatic heterocycles. The van der Waals surface area contributed by atoms with Crippen molar-refractivity contribution in [3.8, 4) is 17.2 Å². The second-order valence-corrected chi connectivity index (χ2v) is 6.02. The van der Waals surface area contributed by atoms with Gasteiger partial charge < -0.3 is 19.5 Å². The number of nitrogens with one attached hydrogen (secondary N) is 1. The van der Waals surface area contributed by atoms with Gasteiger partial charge in [-0.15, -0.1) is 0 Å². The van der Waals surface area contributed by atoms with E-state index in [0.717, 1.165) is 11.6 Å². The molecule has 2 aromatic rings. The van der Waals surface area contributed by atoms with Crippen LogP contribution in [0, 0.1) is 5.82 Å². The van der Waals surface area contributed by atoms with E-state index in [1.165, 1.54) is 12.1 Å². The van der Waals surface area contributed by atoms with E-state index in [-0.39, 0.29) is 23.3 Å². The van der Waals surface area contributed by atoms with E-state index in [4.69, 9.17) is 25.8 Å².